The Kier molecular flexibility index (Phi) is 6.75. The minimum atomic E-state index is -0.435. The van der Waals surface area contributed by atoms with Gasteiger partial charge in [0.05, 0.1) is 36.6 Å². The number of amides is 1. The zero-order valence-corrected chi connectivity index (χ0v) is 23.4. The largest absolute Gasteiger partial charge is 0.495 e. The molecule has 38 heavy (non-hydrogen) atoms. The van der Waals surface area contributed by atoms with Crippen LogP contribution in [0.1, 0.15) is 44.1 Å². The maximum absolute atomic E-state index is 13.9. The SMILES string of the molecule is COC(=O)c1c(NC(=O)CSc2nc3sc4c(c3c(=O)n2-c2ccccc2OC)CCC4)sc2c1CCC2. The molecule has 0 saturated heterocycles. The smallest absolute Gasteiger partial charge is 0.341 e. The highest BCUT2D eigenvalue weighted by Gasteiger charge is 2.29. The van der Waals surface area contributed by atoms with Crippen molar-refractivity contribution in [1.29, 1.82) is 0 Å². The van der Waals surface area contributed by atoms with E-state index in [9.17, 15) is 14.4 Å². The van der Waals surface area contributed by atoms with Gasteiger partial charge in [0.15, 0.2) is 5.16 Å². The molecule has 2 aliphatic rings. The molecule has 2 aliphatic carbocycles. The Morgan fingerprint density at radius 2 is 1.79 bits per heavy atom. The molecule has 0 bridgehead atoms. The Morgan fingerprint density at radius 1 is 1.05 bits per heavy atom. The number of thioether (sulfide) groups is 1. The molecule has 1 N–H and O–H groups in total. The first-order chi connectivity index (χ1) is 18.5. The number of nitrogens with one attached hydrogen (secondary N) is 1. The Hall–Kier alpha value is -3.15. The fourth-order valence-electron chi connectivity index (χ4n) is 5.25. The predicted octanol–water partition coefficient (Wildman–Crippen LogP) is 5.01. The maximum atomic E-state index is 13.9. The summed E-state index contributed by atoms with van der Waals surface area (Å²) in [5.74, 6) is -0.156. The second kappa shape index (κ2) is 10.2. The van der Waals surface area contributed by atoms with Crippen molar-refractivity contribution in [3.8, 4) is 11.4 Å². The third kappa shape index (κ3) is 4.22. The van der Waals surface area contributed by atoms with Gasteiger partial charge >= 0.3 is 5.97 Å². The molecule has 6 rings (SSSR count). The average molecular weight is 568 g/mol. The first-order valence-corrected chi connectivity index (χ1v) is 15.0. The Balaban J connectivity index is 1.35. The van der Waals surface area contributed by atoms with Crippen LogP contribution in [-0.4, -0.2) is 41.4 Å². The third-order valence-corrected chi connectivity index (χ3v) is 10.3. The van der Waals surface area contributed by atoms with Gasteiger partial charge in [0.1, 0.15) is 15.6 Å². The summed E-state index contributed by atoms with van der Waals surface area (Å²) in [5, 5.41) is 4.52. The lowest BCUT2D eigenvalue weighted by Crippen LogP contribution is -2.23. The molecular formula is C27H25N3O5S3. The van der Waals surface area contributed by atoms with Gasteiger partial charge in [0, 0.05) is 9.75 Å². The van der Waals surface area contributed by atoms with Crippen molar-refractivity contribution in [2.75, 3.05) is 25.3 Å². The number of thiophene rings is 2. The van der Waals surface area contributed by atoms with E-state index >= 15 is 0 Å². The van der Waals surface area contributed by atoms with E-state index in [1.165, 1.54) is 35.1 Å². The summed E-state index contributed by atoms with van der Waals surface area (Å²) in [6.07, 6.45) is 5.58. The zero-order chi connectivity index (χ0) is 26.4. The second-order valence-electron chi connectivity index (χ2n) is 9.13. The van der Waals surface area contributed by atoms with E-state index < -0.39 is 5.97 Å². The first kappa shape index (κ1) is 25.1. The number of anilines is 1. The molecule has 11 heteroatoms. The third-order valence-electron chi connectivity index (χ3n) is 6.93. The van der Waals surface area contributed by atoms with E-state index in [0.29, 0.717) is 37.4 Å². The highest BCUT2D eigenvalue weighted by Crippen LogP contribution is 2.40. The molecule has 4 aromatic rings. The molecule has 0 radical (unpaired) electrons. The summed E-state index contributed by atoms with van der Waals surface area (Å²) in [4.78, 5) is 47.4. The number of aromatic nitrogens is 2. The van der Waals surface area contributed by atoms with Crippen LogP contribution in [0.5, 0.6) is 5.75 Å². The van der Waals surface area contributed by atoms with Crippen LogP contribution in [-0.2, 0) is 35.2 Å². The number of nitrogens with zero attached hydrogens (tertiary/aromatic N) is 2. The maximum Gasteiger partial charge on any atom is 0.341 e. The first-order valence-electron chi connectivity index (χ1n) is 12.4. The molecule has 0 unspecified atom stereocenters. The van der Waals surface area contributed by atoms with Crippen LogP contribution in [0.15, 0.2) is 34.2 Å². The summed E-state index contributed by atoms with van der Waals surface area (Å²) in [7, 11) is 2.91. The number of fused-ring (bicyclic) bond motifs is 4. The van der Waals surface area contributed by atoms with Crippen LogP contribution in [0.4, 0.5) is 5.00 Å². The predicted molar refractivity (Wildman–Crippen MR) is 151 cm³/mol. The summed E-state index contributed by atoms with van der Waals surface area (Å²) < 4.78 is 12.1. The van der Waals surface area contributed by atoms with Crippen molar-refractivity contribution in [2.24, 2.45) is 0 Å². The van der Waals surface area contributed by atoms with E-state index in [0.717, 1.165) is 54.5 Å². The normalized spacial score (nSPS) is 13.9. The van der Waals surface area contributed by atoms with E-state index in [1.807, 2.05) is 18.2 Å². The van der Waals surface area contributed by atoms with Crippen molar-refractivity contribution < 1.29 is 19.1 Å². The molecule has 1 amide bonds. The van der Waals surface area contributed by atoms with Crippen LogP contribution in [0.3, 0.4) is 0 Å². The van der Waals surface area contributed by atoms with E-state index in [4.69, 9.17) is 14.5 Å². The van der Waals surface area contributed by atoms with E-state index in [1.54, 1.807) is 29.1 Å². The number of ether oxygens (including phenoxy) is 2. The molecule has 196 valence electrons. The van der Waals surface area contributed by atoms with Crippen LogP contribution in [0.2, 0.25) is 0 Å². The van der Waals surface area contributed by atoms with Gasteiger partial charge in [-0.05, 0) is 61.8 Å². The lowest BCUT2D eigenvalue weighted by atomic mass is 10.1. The number of hydrogen-bond donors (Lipinski definition) is 1. The highest BCUT2D eigenvalue weighted by atomic mass is 32.2. The van der Waals surface area contributed by atoms with Crippen LogP contribution in [0, 0.1) is 0 Å². The molecule has 0 saturated carbocycles. The summed E-state index contributed by atoms with van der Waals surface area (Å²) in [6.45, 7) is 0. The van der Waals surface area contributed by atoms with E-state index in [-0.39, 0.29) is 17.2 Å². The minimum absolute atomic E-state index is 0.0152. The number of aryl methyl sites for hydroxylation is 3. The Bertz CT molecular complexity index is 1650. The number of para-hydroxylation sites is 2. The topological polar surface area (TPSA) is 99.5 Å². The highest BCUT2D eigenvalue weighted by molar-refractivity contribution is 7.99. The number of benzene rings is 1. The molecular weight excluding hydrogens is 543 g/mol. The molecule has 3 aromatic heterocycles. The summed E-state index contributed by atoms with van der Waals surface area (Å²) in [6, 6.07) is 7.31. The van der Waals surface area contributed by atoms with Crippen molar-refractivity contribution in [3.63, 3.8) is 0 Å². The zero-order valence-electron chi connectivity index (χ0n) is 20.9. The van der Waals surface area contributed by atoms with Gasteiger partial charge in [-0.2, -0.15) is 0 Å². The number of carbonyl (C=O) groups excluding carboxylic acids is 2. The lowest BCUT2D eigenvalue weighted by molar-refractivity contribution is -0.113. The van der Waals surface area contributed by atoms with Crippen LogP contribution < -0.4 is 15.6 Å². The lowest BCUT2D eigenvalue weighted by Gasteiger charge is -2.15. The van der Waals surface area contributed by atoms with Gasteiger partial charge in [0.25, 0.3) is 5.56 Å². The van der Waals surface area contributed by atoms with Crippen molar-refractivity contribution in [1.82, 2.24) is 9.55 Å². The van der Waals surface area contributed by atoms with Crippen LogP contribution >= 0.6 is 34.4 Å². The number of hydrogen-bond acceptors (Lipinski definition) is 9. The molecule has 0 spiro atoms. The minimum Gasteiger partial charge on any atom is -0.495 e. The van der Waals surface area contributed by atoms with E-state index in [2.05, 4.69) is 5.32 Å². The van der Waals surface area contributed by atoms with Gasteiger partial charge in [-0.3, -0.25) is 14.2 Å². The quantitative estimate of drug-likeness (QED) is 0.190. The van der Waals surface area contributed by atoms with Crippen molar-refractivity contribution in [2.45, 2.75) is 43.7 Å². The molecule has 0 atom stereocenters. The number of methoxy groups -OCH3 is 2. The van der Waals surface area contributed by atoms with Gasteiger partial charge in [-0.1, -0.05) is 23.9 Å². The Morgan fingerprint density at radius 3 is 2.55 bits per heavy atom. The van der Waals surface area contributed by atoms with Gasteiger partial charge in [0.2, 0.25) is 5.91 Å². The number of rotatable bonds is 7. The molecule has 1 aromatic carbocycles. The fraction of sp³-hybridized carbons (Fsp3) is 0.333. The number of esters is 1. The molecule has 3 heterocycles. The van der Waals surface area contributed by atoms with Crippen molar-refractivity contribution >= 4 is 61.5 Å². The van der Waals surface area contributed by atoms with Gasteiger partial charge < -0.3 is 14.8 Å². The average Bonchev–Trinajstić information content (AvgIpc) is 3.68. The van der Waals surface area contributed by atoms with Crippen molar-refractivity contribution in [3.05, 3.63) is 61.1 Å². The second-order valence-corrected chi connectivity index (χ2v) is 12.3. The van der Waals surface area contributed by atoms with Gasteiger partial charge in [-0.15, -0.1) is 22.7 Å². The standard InChI is InChI=1S/C27H25N3O5S3/c1-34-17-10-4-3-9-16(17)30-25(32)21-14-7-5-11-18(14)37-23(21)29-27(30)36-13-20(31)28-24-22(26(33)35-2)15-8-6-12-19(15)38-24/h3-4,9-10H,5-8,11-13H2,1-2H3,(H,28,31). The number of carbonyl (C=O) groups is 2. The fourth-order valence-corrected chi connectivity index (χ4v) is 8.65. The molecule has 8 nitrogen and oxygen atoms in total. The molecule has 0 fully saturated rings. The van der Waals surface area contributed by atoms with Gasteiger partial charge in [-0.25, -0.2) is 9.78 Å². The molecule has 0 aliphatic heterocycles. The monoisotopic (exact) mass is 567 g/mol. The Labute approximate surface area is 231 Å². The summed E-state index contributed by atoms with van der Waals surface area (Å²) >= 11 is 4.19. The summed E-state index contributed by atoms with van der Waals surface area (Å²) in [5.41, 5.74) is 2.97. The van der Waals surface area contributed by atoms with Crippen LogP contribution in [0.25, 0.3) is 15.9 Å².